The predicted molar refractivity (Wildman–Crippen MR) is 60.9 cm³/mol. The number of nitrogens with two attached hydrogens (primary N) is 1. The highest BCUT2D eigenvalue weighted by atomic mass is 35.5. The van der Waals surface area contributed by atoms with Gasteiger partial charge in [-0.3, -0.25) is 14.4 Å². The van der Waals surface area contributed by atoms with E-state index in [0.717, 1.165) is 0 Å². The number of halogens is 1. The lowest BCUT2D eigenvalue weighted by molar-refractivity contribution is -0.139. The number of benzene rings is 1. The standard InChI is InChI=1S/C10H9ClN2O4/c11-7-3-5(1-2-6(7)10(12)17)13-8(14)4-9(15)16/h1-3H,4H2,(H2,12,17)(H,13,14)(H,15,16). The average Bonchev–Trinajstić information content (AvgIpc) is 2.15. The maximum Gasteiger partial charge on any atom is 0.312 e. The summed E-state index contributed by atoms with van der Waals surface area (Å²) in [7, 11) is 0. The zero-order chi connectivity index (χ0) is 13.0. The van der Waals surface area contributed by atoms with Gasteiger partial charge in [-0.05, 0) is 18.2 Å². The molecule has 6 nitrogen and oxygen atoms in total. The molecule has 0 fully saturated rings. The van der Waals surface area contributed by atoms with Crippen molar-refractivity contribution in [1.29, 1.82) is 0 Å². The number of carboxylic acids is 1. The van der Waals surface area contributed by atoms with Gasteiger partial charge >= 0.3 is 5.97 Å². The Hall–Kier alpha value is -2.08. The molecule has 0 unspecified atom stereocenters. The van der Waals surface area contributed by atoms with Crippen molar-refractivity contribution >= 4 is 35.1 Å². The van der Waals surface area contributed by atoms with E-state index < -0.39 is 24.2 Å². The molecule has 0 spiro atoms. The third kappa shape index (κ3) is 3.76. The molecule has 0 aromatic heterocycles. The van der Waals surface area contributed by atoms with Crippen LogP contribution in [0.25, 0.3) is 0 Å². The lowest BCUT2D eigenvalue weighted by Crippen LogP contribution is -2.16. The van der Waals surface area contributed by atoms with Crippen molar-refractivity contribution in [1.82, 2.24) is 0 Å². The Labute approximate surface area is 101 Å². The Morgan fingerprint density at radius 3 is 2.47 bits per heavy atom. The van der Waals surface area contributed by atoms with E-state index in [-0.39, 0.29) is 10.6 Å². The molecule has 4 N–H and O–H groups in total. The van der Waals surface area contributed by atoms with Gasteiger partial charge in [-0.1, -0.05) is 11.6 Å². The van der Waals surface area contributed by atoms with Crippen molar-refractivity contribution in [3.8, 4) is 0 Å². The van der Waals surface area contributed by atoms with E-state index in [2.05, 4.69) is 5.32 Å². The van der Waals surface area contributed by atoms with E-state index in [0.29, 0.717) is 5.69 Å². The van der Waals surface area contributed by atoms with E-state index in [9.17, 15) is 14.4 Å². The zero-order valence-corrected chi connectivity index (χ0v) is 9.32. The molecular weight excluding hydrogens is 248 g/mol. The van der Waals surface area contributed by atoms with E-state index in [1.54, 1.807) is 0 Å². The number of hydrogen-bond acceptors (Lipinski definition) is 3. The summed E-state index contributed by atoms with van der Waals surface area (Å²) in [5.41, 5.74) is 5.47. The van der Waals surface area contributed by atoms with E-state index >= 15 is 0 Å². The monoisotopic (exact) mass is 256 g/mol. The summed E-state index contributed by atoms with van der Waals surface area (Å²) in [4.78, 5) is 32.3. The molecule has 17 heavy (non-hydrogen) atoms. The van der Waals surface area contributed by atoms with Gasteiger partial charge < -0.3 is 16.2 Å². The first-order valence-corrected chi connectivity index (χ1v) is 4.89. The van der Waals surface area contributed by atoms with Gasteiger partial charge in [0.05, 0.1) is 10.6 Å². The highest BCUT2D eigenvalue weighted by molar-refractivity contribution is 6.34. The van der Waals surface area contributed by atoms with Crippen LogP contribution in [0.4, 0.5) is 5.69 Å². The van der Waals surface area contributed by atoms with E-state index in [1.807, 2.05) is 0 Å². The minimum Gasteiger partial charge on any atom is -0.481 e. The van der Waals surface area contributed by atoms with Gasteiger partial charge in [-0.25, -0.2) is 0 Å². The van der Waals surface area contributed by atoms with Crippen molar-refractivity contribution in [2.24, 2.45) is 5.73 Å². The second-order valence-corrected chi connectivity index (χ2v) is 3.58. The second-order valence-electron chi connectivity index (χ2n) is 3.18. The predicted octanol–water partition coefficient (Wildman–Crippen LogP) is 0.852. The number of amides is 2. The van der Waals surface area contributed by atoms with Crippen LogP contribution >= 0.6 is 11.6 Å². The number of aliphatic carboxylic acids is 1. The highest BCUT2D eigenvalue weighted by Gasteiger charge is 2.10. The van der Waals surface area contributed by atoms with E-state index in [1.165, 1.54) is 18.2 Å². The summed E-state index contributed by atoms with van der Waals surface area (Å²) in [5, 5.41) is 10.8. The SMILES string of the molecule is NC(=O)c1ccc(NC(=O)CC(=O)O)cc1Cl. The van der Waals surface area contributed by atoms with Gasteiger partial charge in [0.25, 0.3) is 0 Å². The maximum absolute atomic E-state index is 11.1. The molecule has 1 aromatic carbocycles. The first kappa shape index (κ1) is 13.0. The lowest BCUT2D eigenvalue weighted by atomic mass is 10.2. The molecule has 7 heteroatoms. The zero-order valence-electron chi connectivity index (χ0n) is 8.57. The van der Waals surface area contributed by atoms with Crippen LogP contribution in [0.1, 0.15) is 16.8 Å². The summed E-state index contributed by atoms with van der Waals surface area (Å²) in [5.74, 6) is -2.60. The number of hydrogen-bond donors (Lipinski definition) is 3. The summed E-state index contributed by atoms with van der Waals surface area (Å²) in [6.45, 7) is 0. The smallest absolute Gasteiger partial charge is 0.312 e. The number of carbonyl (C=O) groups excluding carboxylic acids is 2. The van der Waals surface area contributed by atoms with Gasteiger partial charge in [0.1, 0.15) is 6.42 Å². The quantitative estimate of drug-likeness (QED) is 0.694. The number of primary amides is 1. The maximum atomic E-state index is 11.1. The Bertz CT molecular complexity index is 487. The normalized spacial score (nSPS) is 9.71. The van der Waals surface area contributed by atoms with Gasteiger partial charge in [0.15, 0.2) is 0 Å². The van der Waals surface area contributed by atoms with Crippen molar-refractivity contribution in [3.63, 3.8) is 0 Å². The number of carbonyl (C=O) groups is 3. The molecule has 1 rings (SSSR count). The lowest BCUT2D eigenvalue weighted by Gasteiger charge is -2.05. The van der Waals surface area contributed by atoms with Gasteiger partial charge in [-0.15, -0.1) is 0 Å². The topological polar surface area (TPSA) is 109 Å². The second kappa shape index (κ2) is 5.31. The molecule has 0 heterocycles. The van der Waals surface area contributed by atoms with Crippen LogP contribution in [0.15, 0.2) is 18.2 Å². The molecular formula is C10H9ClN2O4. The Morgan fingerprint density at radius 2 is 2.00 bits per heavy atom. The molecule has 0 saturated heterocycles. The fourth-order valence-corrected chi connectivity index (χ4v) is 1.41. The van der Waals surface area contributed by atoms with Crippen LogP contribution in [-0.4, -0.2) is 22.9 Å². The van der Waals surface area contributed by atoms with Crippen molar-refractivity contribution in [2.75, 3.05) is 5.32 Å². The Balaban J connectivity index is 2.81. The number of nitrogens with one attached hydrogen (secondary N) is 1. The Morgan fingerprint density at radius 1 is 1.35 bits per heavy atom. The van der Waals surface area contributed by atoms with Gasteiger partial charge in [0.2, 0.25) is 11.8 Å². The fourth-order valence-electron chi connectivity index (χ4n) is 1.14. The largest absolute Gasteiger partial charge is 0.481 e. The summed E-state index contributed by atoms with van der Waals surface area (Å²) in [6.07, 6.45) is -0.644. The van der Waals surface area contributed by atoms with Crippen LogP contribution in [0.3, 0.4) is 0 Å². The molecule has 2 amide bonds. The summed E-state index contributed by atoms with van der Waals surface area (Å²) >= 11 is 5.75. The third-order valence-electron chi connectivity index (χ3n) is 1.83. The number of carboxylic acid groups (broad SMARTS) is 1. The van der Waals surface area contributed by atoms with Crippen molar-refractivity contribution in [3.05, 3.63) is 28.8 Å². The molecule has 1 aromatic rings. The minimum atomic E-state index is -1.23. The van der Waals surface area contributed by atoms with Crippen molar-refractivity contribution in [2.45, 2.75) is 6.42 Å². The molecule has 0 radical (unpaired) electrons. The Kier molecular flexibility index (Phi) is 4.06. The molecule has 0 aliphatic carbocycles. The van der Waals surface area contributed by atoms with Crippen LogP contribution in [0.2, 0.25) is 5.02 Å². The average molecular weight is 257 g/mol. The molecule has 0 aliphatic heterocycles. The van der Waals surface area contributed by atoms with Crippen molar-refractivity contribution < 1.29 is 19.5 Å². The summed E-state index contributed by atoms with van der Waals surface area (Å²) in [6, 6.07) is 4.08. The van der Waals surface area contributed by atoms with Crippen LogP contribution in [-0.2, 0) is 9.59 Å². The third-order valence-corrected chi connectivity index (χ3v) is 2.14. The van der Waals surface area contributed by atoms with Crippen LogP contribution < -0.4 is 11.1 Å². The highest BCUT2D eigenvalue weighted by Crippen LogP contribution is 2.20. The number of rotatable bonds is 4. The van der Waals surface area contributed by atoms with Gasteiger partial charge in [-0.2, -0.15) is 0 Å². The molecule has 0 bridgehead atoms. The minimum absolute atomic E-state index is 0.0885. The molecule has 90 valence electrons. The van der Waals surface area contributed by atoms with Gasteiger partial charge in [0, 0.05) is 5.69 Å². The summed E-state index contributed by atoms with van der Waals surface area (Å²) < 4.78 is 0. The first-order valence-electron chi connectivity index (χ1n) is 4.51. The molecule has 0 atom stereocenters. The fraction of sp³-hybridized carbons (Fsp3) is 0.100. The first-order chi connectivity index (χ1) is 7.90. The molecule has 0 saturated carbocycles. The van der Waals surface area contributed by atoms with Crippen LogP contribution in [0.5, 0.6) is 0 Å². The molecule has 0 aliphatic rings. The van der Waals surface area contributed by atoms with Crippen LogP contribution in [0, 0.1) is 0 Å². The van der Waals surface area contributed by atoms with E-state index in [4.69, 9.17) is 22.4 Å². The number of anilines is 1.